The average Bonchev–Trinajstić information content (AvgIpc) is 2.46. The molecule has 1 saturated heterocycles. The van der Waals surface area contributed by atoms with Crippen molar-refractivity contribution < 1.29 is 9.47 Å². The van der Waals surface area contributed by atoms with E-state index in [0.29, 0.717) is 12.6 Å². The Bertz CT molecular complexity index is 393. The van der Waals surface area contributed by atoms with Crippen molar-refractivity contribution in [1.29, 1.82) is 0 Å². The lowest BCUT2D eigenvalue weighted by molar-refractivity contribution is 0.0884. The molecule has 0 amide bonds. The number of rotatable bonds is 3. The second-order valence-electron chi connectivity index (χ2n) is 4.82. The van der Waals surface area contributed by atoms with Gasteiger partial charge in [-0.1, -0.05) is 12.1 Å². The van der Waals surface area contributed by atoms with Crippen LogP contribution in [0.3, 0.4) is 0 Å². The van der Waals surface area contributed by atoms with Crippen molar-refractivity contribution in [3.8, 4) is 11.5 Å². The van der Waals surface area contributed by atoms with Crippen molar-refractivity contribution in [2.24, 2.45) is 0 Å². The molecule has 1 aromatic rings. The van der Waals surface area contributed by atoms with Gasteiger partial charge >= 0.3 is 0 Å². The molecule has 1 aromatic carbocycles. The minimum absolute atomic E-state index is 0.131. The van der Waals surface area contributed by atoms with E-state index in [9.17, 15) is 0 Å². The van der Waals surface area contributed by atoms with Gasteiger partial charge < -0.3 is 14.8 Å². The summed E-state index contributed by atoms with van der Waals surface area (Å²) in [5.41, 5.74) is 0. The van der Waals surface area contributed by atoms with Crippen molar-refractivity contribution in [1.82, 2.24) is 5.32 Å². The SMILES string of the molecule is c1ccc2c(c1)OCC(CNC1CCCSC1)O2. The predicted molar refractivity (Wildman–Crippen MR) is 74.7 cm³/mol. The molecule has 1 N–H and O–H groups in total. The van der Waals surface area contributed by atoms with Crippen LogP contribution in [-0.2, 0) is 0 Å². The van der Waals surface area contributed by atoms with Gasteiger partial charge in [-0.2, -0.15) is 11.8 Å². The molecular weight excluding hydrogens is 246 g/mol. The summed E-state index contributed by atoms with van der Waals surface area (Å²) >= 11 is 2.04. The molecule has 2 heterocycles. The van der Waals surface area contributed by atoms with Crippen molar-refractivity contribution >= 4 is 11.8 Å². The van der Waals surface area contributed by atoms with Crippen LogP contribution in [0.2, 0.25) is 0 Å². The third-order valence-corrected chi connectivity index (χ3v) is 4.58. The Morgan fingerprint density at radius 1 is 1.28 bits per heavy atom. The van der Waals surface area contributed by atoms with E-state index in [1.54, 1.807) is 0 Å². The van der Waals surface area contributed by atoms with Gasteiger partial charge in [0.15, 0.2) is 11.5 Å². The number of fused-ring (bicyclic) bond motifs is 1. The Morgan fingerprint density at radius 3 is 3.00 bits per heavy atom. The highest BCUT2D eigenvalue weighted by Crippen LogP contribution is 2.30. The van der Waals surface area contributed by atoms with Crippen molar-refractivity contribution in [2.75, 3.05) is 24.7 Å². The maximum Gasteiger partial charge on any atom is 0.161 e. The number of benzene rings is 1. The van der Waals surface area contributed by atoms with Gasteiger partial charge in [-0.3, -0.25) is 0 Å². The second-order valence-corrected chi connectivity index (χ2v) is 5.97. The molecule has 3 nitrogen and oxygen atoms in total. The molecule has 0 aromatic heterocycles. The van der Waals surface area contributed by atoms with Crippen molar-refractivity contribution in [3.63, 3.8) is 0 Å². The first-order chi connectivity index (χ1) is 8.92. The lowest BCUT2D eigenvalue weighted by Gasteiger charge is -2.29. The monoisotopic (exact) mass is 265 g/mol. The maximum absolute atomic E-state index is 5.93. The van der Waals surface area contributed by atoms with Crippen LogP contribution in [0.15, 0.2) is 24.3 Å². The minimum Gasteiger partial charge on any atom is -0.486 e. The molecular formula is C14H19NO2S. The molecule has 0 bridgehead atoms. The molecule has 2 aliphatic heterocycles. The summed E-state index contributed by atoms with van der Waals surface area (Å²) in [5, 5.41) is 3.60. The maximum atomic E-state index is 5.93. The van der Waals surface area contributed by atoms with Crippen LogP contribution < -0.4 is 14.8 Å². The van der Waals surface area contributed by atoms with Gasteiger partial charge in [0.05, 0.1) is 0 Å². The van der Waals surface area contributed by atoms with E-state index in [0.717, 1.165) is 18.0 Å². The van der Waals surface area contributed by atoms with E-state index in [1.165, 1.54) is 24.3 Å². The van der Waals surface area contributed by atoms with Crippen molar-refractivity contribution in [2.45, 2.75) is 25.0 Å². The molecule has 0 saturated carbocycles. The Hall–Kier alpha value is -0.870. The molecule has 0 spiro atoms. The third kappa shape index (κ3) is 2.93. The summed E-state index contributed by atoms with van der Waals surface area (Å²) in [6.07, 6.45) is 2.75. The molecule has 0 radical (unpaired) electrons. The van der Waals surface area contributed by atoms with Gasteiger partial charge in [-0.25, -0.2) is 0 Å². The Kier molecular flexibility index (Phi) is 3.96. The number of nitrogens with one attached hydrogen (secondary N) is 1. The highest BCUT2D eigenvalue weighted by molar-refractivity contribution is 7.99. The van der Waals surface area contributed by atoms with E-state index in [4.69, 9.17) is 9.47 Å². The van der Waals surface area contributed by atoms with Crippen LogP contribution in [0.25, 0.3) is 0 Å². The van der Waals surface area contributed by atoms with Gasteiger partial charge in [0, 0.05) is 18.3 Å². The van der Waals surface area contributed by atoms with Crippen LogP contribution >= 0.6 is 11.8 Å². The first-order valence-corrected chi connectivity index (χ1v) is 7.77. The van der Waals surface area contributed by atoms with Crippen LogP contribution in [0, 0.1) is 0 Å². The molecule has 0 aliphatic carbocycles. The van der Waals surface area contributed by atoms with E-state index >= 15 is 0 Å². The summed E-state index contributed by atoms with van der Waals surface area (Å²) in [4.78, 5) is 0. The summed E-state index contributed by atoms with van der Waals surface area (Å²) in [7, 11) is 0. The third-order valence-electron chi connectivity index (χ3n) is 3.36. The fourth-order valence-electron chi connectivity index (χ4n) is 2.36. The standard InChI is InChI=1S/C14H19NO2S/c1-2-6-14-13(5-1)16-9-12(17-14)8-15-11-4-3-7-18-10-11/h1-2,5-6,11-12,15H,3-4,7-10H2. The van der Waals surface area contributed by atoms with Crippen LogP contribution in [-0.4, -0.2) is 36.8 Å². The van der Waals surface area contributed by atoms with Gasteiger partial charge in [0.1, 0.15) is 12.7 Å². The van der Waals surface area contributed by atoms with Gasteiger partial charge in [-0.15, -0.1) is 0 Å². The van der Waals surface area contributed by atoms with Crippen molar-refractivity contribution in [3.05, 3.63) is 24.3 Å². The van der Waals surface area contributed by atoms with E-state index in [1.807, 2.05) is 36.0 Å². The Labute approximate surface area is 112 Å². The van der Waals surface area contributed by atoms with Crippen LogP contribution in [0.4, 0.5) is 0 Å². The largest absolute Gasteiger partial charge is 0.486 e. The highest BCUT2D eigenvalue weighted by atomic mass is 32.2. The zero-order valence-electron chi connectivity index (χ0n) is 10.4. The second kappa shape index (κ2) is 5.85. The van der Waals surface area contributed by atoms with Gasteiger partial charge in [-0.05, 0) is 30.7 Å². The average molecular weight is 265 g/mol. The summed E-state index contributed by atoms with van der Waals surface area (Å²) in [6.45, 7) is 1.52. The summed E-state index contributed by atoms with van der Waals surface area (Å²) in [5.74, 6) is 4.27. The smallest absolute Gasteiger partial charge is 0.161 e. The Morgan fingerprint density at radius 2 is 2.17 bits per heavy atom. The summed E-state index contributed by atoms with van der Waals surface area (Å²) in [6, 6.07) is 8.52. The summed E-state index contributed by atoms with van der Waals surface area (Å²) < 4.78 is 11.6. The number of hydrogen-bond donors (Lipinski definition) is 1. The molecule has 2 unspecified atom stereocenters. The molecule has 3 rings (SSSR count). The predicted octanol–water partition coefficient (Wildman–Crippen LogP) is 2.31. The number of hydrogen-bond acceptors (Lipinski definition) is 4. The van der Waals surface area contributed by atoms with E-state index in [2.05, 4.69) is 5.32 Å². The zero-order chi connectivity index (χ0) is 12.2. The molecule has 2 aliphatic rings. The first-order valence-electron chi connectivity index (χ1n) is 6.61. The number of ether oxygens (including phenoxy) is 2. The molecule has 2 atom stereocenters. The quantitative estimate of drug-likeness (QED) is 0.908. The number of thioether (sulfide) groups is 1. The fraction of sp³-hybridized carbons (Fsp3) is 0.571. The minimum atomic E-state index is 0.131. The lowest BCUT2D eigenvalue weighted by atomic mass is 10.2. The molecule has 4 heteroatoms. The molecule has 18 heavy (non-hydrogen) atoms. The fourth-order valence-corrected chi connectivity index (χ4v) is 3.47. The molecule has 98 valence electrons. The normalized spacial score (nSPS) is 26.9. The van der Waals surface area contributed by atoms with Crippen LogP contribution in [0.5, 0.6) is 11.5 Å². The van der Waals surface area contributed by atoms with Gasteiger partial charge in [0.2, 0.25) is 0 Å². The molecule has 1 fully saturated rings. The van der Waals surface area contributed by atoms with Crippen LogP contribution in [0.1, 0.15) is 12.8 Å². The van der Waals surface area contributed by atoms with E-state index in [-0.39, 0.29) is 6.10 Å². The number of para-hydroxylation sites is 2. The first kappa shape index (κ1) is 12.2. The van der Waals surface area contributed by atoms with Gasteiger partial charge in [0.25, 0.3) is 0 Å². The van der Waals surface area contributed by atoms with E-state index < -0.39 is 0 Å². The highest BCUT2D eigenvalue weighted by Gasteiger charge is 2.22. The lowest BCUT2D eigenvalue weighted by Crippen LogP contribution is -2.44. The zero-order valence-corrected chi connectivity index (χ0v) is 11.2. The Balaban J connectivity index is 1.50. The topological polar surface area (TPSA) is 30.5 Å².